The molecule has 13 heavy (non-hydrogen) atoms. The fourth-order valence-corrected chi connectivity index (χ4v) is 0.964. The van der Waals surface area contributed by atoms with Gasteiger partial charge in [0.05, 0.1) is 0 Å². The summed E-state index contributed by atoms with van der Waals surface area (Å²) in [4.78, 5) is 31.2. The zero-order valence-electron chi connectivity index (χ0n) is 6.45. The van der Waals surface area contributed by atoms with Gasteiger partial charge in [0, 0.05) is 0 Å². The highest BCUT2D eigenvalue weighted by Gasteiger charge is 2.34. The van der Waals surface area contributed by atoms with Crippen molar-refractivity contribution in [3.8, 4) is 0 Å². The van der Waals surface area contributed by atoms with E-state index in [0.29, 0.717) is 10.0 Å². The van der Waals surface area contributed by atoms with Gasteiger partial charge in [-0.3, -0.25) is 4.79 Å². The van der Waals surface area contributed by atoms with E-state index in [1.807, 2.05) is 0 Å². The van der Waals surface area contributed by atoms with E-state index >= 15 is 0 Å². The lowest BCUT2D eigenvalue weighted by Gasteiger charge is -2.22. The van der Waals surface area contributed by atoms with Crippen LogP contribution in [0.4, 0.5) is 0 Å². The Hall–Kier alpha value is -1.93. The molecule has 0 radical (unpaired) electrons. The average molecular weight is 190 g/mol. The number of hydrogen-bond acceptors (Lipinski definition) is 5. The molecule has 1 fully saturated rings. The van der Waals surface area contributed by atoms with Crippen LogP contribution in [0.3, 0.4) is 0 Å². The van der Waals surface area contributed by atoms with Crippen molar-refractivity contribution in [2.24, 2.45) is 0 Å². The number of carbonyl (C=O) groups is 1. The molecule has 1 heterocycles. The van der Waals surface area contributed by atoms with Crippen molar-refractivity contribution >= 4 is 5.78 Å². The molecule has 9 heteroatoms. The van der Waals surface area contributed by atoms with Crippen LogP contribution in [0.5, 0.6) is 0 Å². The van der Waals surface area contributed by atoms with Crippen LogP contribution < -0.4 is 0 Å². The summed E-state index contributed by atoms with van der Waals surface area (Å²) in [5, 5.41) is 19.7. The first kappa shape index (κ1) is 9.16. The first-order chi connectivity index (χ1) is 6.00. The van der Waals surface area contributed by atoms with Crippen molar-refractivity contribution in [1.82, 2.24) is 10.0 Å². The largest absolute Gasteiger partial charge is 0.295 e. The predicted molar refractivity (Wildman–Crippen MR) is 37.3 cm³/mol. The average Bonchev–Trinajstić information content (AvgIpc) is 2.03. The Labute approximate surface area is 71.8 Å². The molecule has 0 aromatic carbocycles. The van der Waals surface area contributed by atoms with Crippen LogP contribution in [0, 0.1) is 20.2 Å². The van der Waals surface area contributed by atoms with E-state index in [2.05, 4.69) is 0 Å². The van der Waals surface area contributed by atoms with Gasteiger partial charge in [0.1, 0.15) is 13.1 Å². The molecule has 1 aliphatic rings. The molecule has 0 aromatic heterocycles. The molecule has 1 aliphatic heterocycles. The molecule has 9 nitrogen and oxygen atoms in total. The Morgan fingerprint density at radius 1 is 1.08 bits per heavy atom. The van der Waals surface area contributed by atoms with Crippen LogP contribution in [0.15, 0.2) is 0 Å². The second-order valence-corrected chi connectivity index (χ2v) is 2.48. The quantitative estimate of drug-likeness (QED) is 0.385. The predicted octanol–water partition coefficient (Wildman–Crippen LogP) is -1.49. The maximum atomic E-state index is 10.8. The van der Waals surface area contributed by atoms with E-state index in [0.717, 1.165) is 0 Å². The lowest BCUT2D eigenvalue weighted by atomic mass is 10.3. The molecule has 0 spiro atoms. The minimum atomic E-state index is -0.826. The zero-order chi connectivity index (χ0) is 10.0. The highest BCUT2D eigenvalue weighted by atomic mass is 16.7. The van der Waals surface area contributed by atoms with E-state index in [9.17, 15) is 25.0 Å². The monoisotopic (exact) mass is 190 g/mol. The second kappa shape index (κ2) is 3.21. The van der Waals surface area contributed by atoms with E-state index in [-0.39, 0.29) is 13.1 Å². The normalized spacial score (nSPS) is 17.4. The van der Waals surface area contributed by atoms with Crippen molar-refractivity contribution in [3.63, 3.8) is 0 Å². The molecule has 0 amide bonds. The summed E-state index contributed by atoms with van der Waals surface area (Å²) in [6, 6.07) is 0. The summed E-state index contributed by atoms with van der Waals surface area (Å²) in [5.74, 6) is -0.542. The van der Waals surface area contributed by atoms with Gasteiger partial charge in [0.2, 0.25) is 6.67 Å². The van der Waals surface area contributed by atoms with E-state index in [1.165, 1.54) is 0 Å². The van der Waals surface area contributed by atoms with Crippen LogP contribution in [0.2, 0.25) is 0 Å². The summed E-state index contributed by atoms with van der Waals surface area (Å²) in [7, 11) is 0. The number of nitrogens with zero attached hydrogens (tertiary/aromatic N) is 4. The molecule has 1 saturated heterocycles. The molecular weight excluding hydrogens is 184 g/mol. The van der Waals surface area contributed by atoms with Gasteiger partial charge < -0.3 is 0 Å². The number of hydrazine groups is 2. The molecule has 0 saturated carbocycles. The van der Waals surface area contributed by atoms with Gasteiger partial charge in [0.25, 0.3) is 0 Å². The summed E-state index contributed by atoms with van der Waals surface area (Å²) < 4.78 is 0. The molecule has 0 atom stereocenters. The highest BCUT2D eigenvalue weighted by molar-refractivity contribution is 5.82. The van der Waals surface area contributed by atoms with Gasteiger partial charge in [-0.05, 0) is 0 Å². The molecule has 0 N–H and O–H groups in total. The molecule has 0 bridgehead atoms. The number of ketones is 1. The van der Waals surface area contributed by atoms with E-state index in [1.54, 1.807) is 0 Å². The van der Waals surface area contributed by atoms with Crippen molar-refractivity contribution in [1.29, 1.82) is 0 Å². The van der Waals surface area contributed by atoms with Crippen molar-refractivity contribution in [2.75, 3.05) is 19.8 Å². The lowest BCUT2D eigenvalue weighted by Crippen LogP contribution is -2.53. The van der Waals surface area contributed by atoms with Gasteiger partial charge in [0.15, 0.2) is 15.8 Å². The van der Waals surface area contributed by atoms with Gasteiger partial charge in [-0.2, -0.15) is 0 Å². The Morgan fingerprint density at radius 3 is 1.77 bits per heavy atom. The summed E-state index contributed by atoms with van der Waals surface area (Å²) >= 11 is 0. The zero-order valence-corrected chi connectivity index (χ0v) is 6.45. The molecule has 0 aromatic rings. The topological polar surface area (TPSA) is 110 Å². The van der Waals surface area contributed by atoms with Crippen LogP contribution in [0.25, 0.3) is 0 Å². The number of Topliss-reactive ketones (excluding diaryl/α,β-unsaturated/α-hetero) is 1. The molecule has 0 aliphatic carbocycles. The smallest absolute Gasteiger partial charge is 0.208 e. The molecule has 72 valence electrons. The van der Waals surface area contributed by atoms with E-state index < -0.39 is 22.5 Å². The Bertz CT molecular complexity index is 241. The van der Waals surface area contributed by atoms with Crippen LogP contribution >= 0.6 is 0 Å². The van der Waals surface area contributed by atoms with Crippen LogP contribution in [-0.2, 0) is 4.79 Å². The maximum Gasteiger partial charge on any atom is 0.208 e. The van der Waals surface area contributed by atoms with Crippen LogP contribution in [0.1, 0.15) is 0 Å². The fourth-order valence-electron chi connectivity index (χ4n) is 0.964. The third-order valence-corrected chi connectivity index (χ3v) is 1.51. The van der Waals surface area contributed by atoms with Crippen molar-refractivity contribution < 1.29 is 14.9 Å². The standard InChI is InChI=1S/C4H6N4O5/c9-4-1-5(7(10)11)3-6(2-4)8(12)13/h1-3H2. The Kier molecular flexibility index (Phi) is 2.26. The Morgan fingerprint density at radius 2 is 1.46 bits per heavy atom. The van der Waals surface area contributed by atoms with Crippen molar-refractivity contribution in [2.45, 2.75) is 0 Å². The van der Waals surface area contributed by atoms with E-state index in [4.69, 9.17) is 0 Å². The first-order valence-electron chi connectivity index (χ1n) is 3.31. The Balaban J connectivity index is 2.68. The minimum Gasteiger partial charge on any atom is -0.295 e. The van der Waals surface area contributed by atoms with Gasteiger partial charge in [-0.15, -0.1) is 0 Å². The number of rotatable bonds is 2. The fraction of sp³-hybridized carbons (Fsp3) is 0.750. The highest BCUT2D eigenvalue weighted by Crippen LogP contribution is 2.02. The third-order valence-electron chi connectivity index (χ3n) is 1.51. The summed E-state index contributed by atoms with van der Waals surface area (Å²) in [6.07, 6.45) is 0. The molecule has 0 unspecified atom stereocenters. The molecule has 1 rings (SSSR count). The molecular formula is C4H6N4O5. The summed E-state index contributed by atoms with van der Waals surface area (Å²) in [5.41, 5.74) is 0. The van der Waals surface area contributed by atoms with Crippen molar-refractivity contribution in [3.05, 3.63) is 20.2 Å². The maximum absolute atomic E-state index is 10.8. The first-order valence-corrected chi connectivity index (χ1v) is 3.31. The second-order valence-electron chi connectivity index (χ2n) is 2.48. The lowest BCUT2D eigenvalue weighted by molar-refractivity contribution is -0.713. The number of nitro groups is 2. The summed E-state index contributed by atoms with van der Waals surface area (Å²) in [6.45, 7) is -1.22. The number of hydrogen-bond donors (Lipinski definition) is 0. The van der Waals surface area contributed by atoms with Crippen LogP contribution in [-0.4, -0.2) is 45.6 Å². The van der Waals surface area contributed by atoms with Gasteiger partial charge >= 0.3 is 0 Å². The SMILES string of the molecule is O=C1CN([N+](=O)[O-])CN([N+](=O)[O-])C1. The third kappa shape index (κ3) is 2.01. The van der Waals surface area contributed by atoms with Gasteiger partial charge in [-0.25, -0.2) is 20.2 Å². The minimum absolute atomic E-state index is 0.378. The number of carbonyl (C=O) groups excluding carboxylic acids is 1. The van der Waals surface area contributed by atoms with Gasteiger partial charge in [-0.1, -0.05) is 10.0 Å².